The summed E-state index contributed by atoms with van der Waals surface area (Å²) in [5.74, 6) is 1.13. The monoisotopic (exact) mass is 414 g/mol. The molecule has 1 aromatic heterocycles. The number of piperidine rings is 1. The first-order valence-electron chi connectivity index (χ1n) is 9.63. The number of aromatic nitrogens is 3. The molecule has 11 nitrogen and oxygen atoms in total. The van der Waals surface area contributed by atoms with E-state index < -0.39 is 6.16 Å². The summed E-state index contributed by atoms with van der Waals surface area (Å²) >= 11 is 0. The van der Waals surface area contributed by atoms with Gasteiger partial charge in [0.05, 0.1) is 7.11 Å². The van der Waals surface area contributed by atoms with Crippen molar-refractivity contribution in [1.82, 2.24) is 19.9 Å². The minimum absolute atomic E-state index is 0.0917. The Kier molecular flexibility index (Phi) is 5.50. The SMILES string of the molecule is COc1ccc2c(c1)CCN(C1CCN(c3ncnc(OC(=O)O)n3)CC1)C(=O)N2. The number of carbonyl (C=O) groups is 2. The molecule has 3 heterocycles. The van der Waals surface area contributed by atoms with Gasteiger partial charge in [-0.15, -0.1) is 0 Å². The number of nitrogens with zero attached hydrogens (tertiary/aromatic N) is 5. The minimum Gasteiger partial charge on any atom is -0.497 e. The third-order valence-corrected chi connectivity index (χ3v) is 5.34. The van der Waals surface area contributed by atoms with E-state index in [9.17, 15) is 9.59 Å². The van der Waals surface area contributed by atoms with Crippen LogP contribution in [-0.4, -0.2) is 69.9 Å². The molecule has 2 N–H and O–H groups in total. The van der Waals surface area contributed by atoms with E-state index in [4.69, 9.17) is 9.84 Å². The number of anilines is 2. The van der Waals surface area contributed by atoms with Crippen LogP contribution in [0.3, 0.4) is 0 Å². The van der Waals surface area contributed by atoms with Gasteiger partial charge in [0.1, 0.15) is 12.1 Å². The fourth-order valence-corrected chi connectivity index (χ4v) is 3.83. The Labute approximate surface area is 172 Å². The highest BCUT2D eigenvalue weighted by Gasteiger charge is 2.31. The molecule has 0 spiro atoms. The Bertz CT molecular complexity index is 947. The molecule has 4 rings (SSSR count). The standard InChI is InChI=1S/C19H22N6O5/c1-29-14-2-3-15-12(10-14)4-9-25(18(26)22-15)13-5-7-24(8-6-13)16-20-11-21-17(23-16)30-19(27)28/h2-3,10-11,13H,4-9H2,1H3,(H,22,26)(H,27,28). The summed E-state index contributed by atoms with van der Waals surface area (Å²) in [6.07, 6.45) is 1.98. The first kappa shape index (κ1) is 19.7. The summed E-state index contributed by atoms with van der Waals surface area (Å²) < 4.78 is 9.78. The zero-order valence-corrected chi connectivity index (χ0v) is 16.4. The second kappa shape index (κ2) is 8.39. The van der Waals surface area contributed by atoms with Crippen molar-refractivity contribution in [3.63, 3.8) is 0 Å². The number of carboxylic acid groups (broad SMARTS) is 1. The number of ether oxygens (including phenoxy) is 2. The van der Waals surface area contributed by atoms with Crippen LogP contribution in [0.4, 0.5) is 21.2 Å². The van der Waals surface area contributed by atoms with E-state index in [0.717, 1.165) is 36.3 Å². The normalized spacial score (nSPS) is 17.0. The molecule has 0 atom stereocenters. The molecule has 0 aliphatic carbocycles. The average Bonchev–Trinajstić information content (AvgIpc) is 2.91. The Hall–Kier alpha value is -3.63. The summed E-state index contributed by atoms with van der Waals surface area (Å²) in [4.78, 5) is 39.1. The van der Waals surface area contributed by atoms with E-state index >= 15 is 0 Å². The van der Waals surface area contributed by atoms with Gasteiger partial charge in [0.25, 0.3) is 0 Å². The highest BCUT2D eigenvalue weighted by Crippen LogP contribution is 2.28. The molecular weight excluding hydrogens is 392 g/mol. The molecule has 0 radical (unpaired) electrons. The van der Waals surface area contributed by atoms with E-state index in [-0.39, 0.29) is 18.1 Å². The maximum absolute atomic E-state index is 12.8. The molecule has 11 heteroatoms. The predicted molar refractivity (Wildman–Crippen MR) is 106 cm³/mol. The van der Waals surface area contributed by atoms with Crippen LogP contribution in [0.15, 0.2) is 24.5 Å². The Balaban J connectivity index is 1.39. The van der Waals surface area contributed by atoms with Crippen molar-refractivity contribution in [2.24, 2.45) is 0 Å². The molecule has 2 aliphatic rings. The van der Waals surface area contributed by atoms with Crippen molar-refractivity contribution in [2.75, 3.05) is 37.0 Å². The molecular formula is C19H22N6O5. The Morgan fingerprint density at radius 2 is 2.03 bits per heavy atom. The zero-order valence-electron chi connectivity index (χ0n) is 16.4. The van der Waals surface area contributed by atoms with Gasteiger partial charge in [0.2, 0.25) is 5.95 Å². The highest BCUT2D eigenvalue weighted by molar-refractivity contribution is 5.91. The number of nitrogens with one attached hydrogen (secondary N) is 1. The zero-order chi connectivity index (χ0) is 21.1. The number of benzene rings is 1. The van der Waals surface area contributed by atoms with Crippen molar-refractivity contribution < 1.29 is 24.2 Å². The number of carbonyl (C=O) groups excluding carboxylic acids is 1. The number of methoxy groups -OCH3 is 1. The van der Waals surface area contributed by atoms with Crippen LogP contribution in [0, 0.1) is 0 Å². The maximum Gasteiger partial charge on any atom is 0.513 e. The second-order valence-corrected chi connectivity index (χ2v) is 7.05. The van der Waals surface area contributed by atoms with Gasteiger partial charge in [-0.05, 0) is 43.0 Å². The maximum atomic E-state index is 12.8. The van der Waals surface area contributed by atoms with Crippen LogP contribution in [-0.2, 0) is 6.42 Å². The molecule has 0 unspecified atom stereocenters. The van der Waals surface area contributed by atoms with Gasteiger partial charge < -0.3 is 29.7 Å². The largest absolute Gasteiger partial charge is 0.513 e. The van der Waals surface area contributed by atoms with Gasteiger partial charge in [-0.3, -0.25) is 0 Å². The Morgan fingerprint density at radius 3 is 2.77 bits per heavy atom. The lowest BCUT2D eigenvalue weighted by atomic mass is 10.0. The van der Waals surface area contributed by atoms with E-state index in [1.165, 1.54) is 6.33 Å². The van der Waals surface area contributed by atoms with Crippen molar-refractivity contribution >= 4 is 23.8 Å². The summed E-state index contributed by atoms with van der Waals surface area (Å²) in [6, 6.07) is 5.40. The smallest absolute Gasteiger partial charge is 0.497 e. The van der Waals surface area contributed by atoms with Crippen LogP contribution >= 0.6 is 0 Å². The van der Waals surface area contributed by atoms with E-state index in [1.54, 1.807) is 7.11 Å². The van der Waals surface area contributed by atoms with Gasteiger partial charge in [0.15, 0.2) is 0 Å². The lowest BCUT2D eigenvalue weighted by Gasteiger charge is -2.37. The summed E-state index contributed by atoms with van der Waals surface area (Å²) in [6.45, 7) is 1.89. The van der Waals surface area contributed by atoms with Gasteiger partial charge in [-0.25, -0.2) is 14.6 Å². The third kappa shape index (κ3) is 4.19. The quantitative estimate of drug-likeness (QED) is 0.721. The van der Waals surface area contributed by atoms with Crippen molar-refractivity contribution in [2.45, 2.75) is 25.3 Å². The topological polar surface area (TPSA) is 130 Å². The predicted octanol–water partition coefficient (Wildman–Crippen LogP) is 2.00. The summed E-state index contributed by atoms with van der Waals surface area (Å²) in [7, 11) is 1.63. The van der Waals surface area contributed by atoms with Crippen molar-refractivity contribution in [3.8, 4) is 11.8 Å². The van der Waals surface area contributed by atoms with Gasteiger partial charge in [-0.1, -0.05) is 0 Å². The average molecular weight is 414 g/mol. The number of fused-ring (bicyclic) bond motifs is 1. The Morgan fingerprint density at radius 1 is 1.23 bits per heavy atom. The third-order valence-electron chi connectivity index (χ3n) is 5.34. The van der Waals surface area contributed by atoms with Crippen LogP contribution < -0.4 is 19.7 Å². The van der Waals surface area contributed by atoms with Gasteiger partial charge in [0, 0.05) is 31.4 Å². The van der Waals surface area contributed by atoms with Gasteiger partial charge >= 0.3 is 18.2 Å². The van der Waals surface area contributed by atoms with Crippen LogP contribution in [0.2, 0.25) is 0 Å². The summed E-state index contributed by atoms with van der Waals surface area (Å²) in [5, 5.41) is 11.7. The molecule has 0 saturated carbocycles. The number of hydrogen-bond donors (Lipinski definition) is 2. The molecule has 2 aromatic rings. The molecule has 1 fully saturated rings. The lowest BCUT2D eigenvalue weighted by Crippen LogP contribution is -2.49. The number of urea groups is 1. The molecule has 30 heavy (non-hydrogen) atoms. The minimum atomic E-state index is -1.48. The molecule has 158 valence electrons. The van der Waals surface area contributed by atoms with E-state index in [2.05, 4.69) is 25.0 Å². The number of amides is 2. The molecule has 0 bridgehead atoms. The molecule has 2 amide bonds. The highest BCUT2D eigenvalue weighted by atomic mass is 16.7. The molecule has 2 aliphatic heterocycles. The number of rotatable bonds is 4. The molecule has 1 aromatic carbocycles. The fraction of sp³-hybridized carbons (Fsp3) is 0.421. The first-order chi connectivity index (χ1) is 14.5. The van der Waals surface area contributed by atoms with Gasteiger partial charge in [-0.2, -0.15) is 9.97 Å². The fourth-order valence-electron chi connectivity index (χ4n) is 3.83. The number of hydrogen-bond acceptors (Lipinski definition) is 8. The van der Waals surface area contributed by atoms with Crippen LogP contribution in [0.25, 0.3) is 0 Å². The van der Waals surface area contributed by atoms with Crippen LogP contribution in [0.1, 0.15) is 18.4 Å². The van der Waals surface area contributed by atoms with E-state index in [1.807, 2.05) is 28.0 Å². The second-order valence-electron chi connectivity index (χ2n) is 7.05. The lowest BCUT2D eigenvalue weighted by molar-refractivity contribution is 0.140. The first-order valence-corrected chi connectivity index (χ1v) is 9.63. The van der Waals surface area contributed by atoms with Crippen molar-refractivity contribution in [3.05, 3.63) is 30.1 Å². The van der Waals surface area contributed by atoms with Crippen molar-refractivity contribution in [1.29, 1.82) is 0 Å². The summed E-state index contributed by atoms with van der Waals surface area (Å²) in [5.41, 5.74) is 1.87. The molecule has 1 saturated heterocycles. The van der Waals surface area contributed by atoms with E-state index in [0.29, 0.717) is 25.6 Å². The van der Waals surface area contributed by atoms with Crippen LogP contribution in [0.5, 0.6) is 11.8 Å².